The maximum atomic E-state index is 5.55. The van der Waals surface area contributed by atoms with Crippen LogP contribution in [0.3, 0.4) is 0 Å². The second-order valence-corrected chi connectivity index (χ2v) is 29.6. The van der Waals surface area contributed by atoms with Crippen molar-refractivity contribution in [1.29, 1.82) is 0 Å². The maximum absolute atomic E-state index is 5.55. The number of aromatic nitrogens is 8. The summed E-state index contributed by atoms with van der Waals surface area (Å²) < 4.78 is 0. The van der Waals surface area contributed by atoms with Gasteiger partial charge in [0.1, 0.15) is 16.1 Å². The predicted octanol–water partition coefficient (Wildman–Crippen LogP) is 13.2. The second-order valence-electron chi connectivity index (χ2n) is 20.9. The van der Waals surface area contributed by atoms with Crippen LogP contribution in [0.5, 0.6) is 0 Å². The molecule has 0 aliphatic carbocycles. The Kier molecular flexibility index (Phi) is 11.2. The zero-order chi connectivity index (χ0) is 52.5. The first-order chi connectivity index (χ1) is 38.2. The molecule has 372 valence electrons. The van der Waals surface area contributed by atoms with Crippen LogP contribution < -0.4 is 30.5 Å². The van der Waals surface area contributed by atoms with E-state index in [1.54, 1.807) is 12.4 Å². The van der Waals surface area contributed by atoms with Gasteiger partial charge in [0.2, 0.25) is 0 Å². The van der Waals surface area contributed by atoms with Crippen molar-refractivity contribution in [1.82, 2.24) is 39.9 Å². The van der Waals surface area contributed by atoms with E-state index in [2.05, 4.69) is 179 Å². The molecule has 12 aromatic rings. The molecule has 2 aliphatic rings. The van der Waals surface area contributed by atoms with Gasteiger partial charge < -0.3 is 9.80 Å². The van der Waals surface area contributed by atoms with Crippen LogP contribution in [0.2, 0.25) is 26.2 Å². The third kappa shape index (κ3) is 7.83. The van der Waals surface area contributed by atoms with E-state index in [0.29, 0.717) is 23.0 Å². The summed E-state index contributed by atoms with van der Waals surface area (Å²) in [6, 6.07) is 69.0. The van der Waals surface area contributed by atoms with E-state index in [-0.39, 0.29) is 0 Å². The molecule has 2 aliphatic heterocycles. The van der Waals surface area contributed by atoms with Crippen molar-refractivity contribution in [2.45, 2.75) is 26.2 Å². The maximum Gasteiger partial charge on any atom is 0.162 e. The van der Waals surface area contributed by atoms with Crippen LogP contribution in [-0.2, 0) is 0 Å². The summed E-state index contributed by atoms with van der Waals surface area (Å²) >= 11 is 0. The van der Waals surface area contributed by atoms with Crippen molar-refractivity contribution < 1.29 is 0 Å². The molecule has 0 amide bonds. The smallest absolute Gasteiger partial charge is 0.162 e. The number of para-hydroxylation sites is 4. The highest BCUT2D eigenvalue weighted by atomic mass is 28.3. The van der Waals surface area contributed by atoms with Crippen LogP contribution in [0.4, 0.5) is 34.1 Å². The third-order valence-corrected chi connectivity index (χ3v) is 22.6. The van der Waals surface area contributed by atoms with E-state index in [4.69, 9.17) is 29.9 Å². The van der Waals surface area contributed by atoms with Gasteiger partial charge in [-0.3, -0.25) is 19.9 Å². The van der Waals surface area contributed by atoms with Crippen LogP contribution in [-0.4, -0.2) is 56.0 Å². The monoisotopic (exact) mass is 1040 g/mol. The van der Waals surface area contributed by atoms with Gasteiger partial charge in [-0.25, -0.2) is 19.9 Å². The Bertz CT molecular complexity index is 3800. The number of hydrogen-bond donors (Lipinski definition) is 0. The largest absolute Gasteiger partial charge is 0.311 e. The van der Waals surface area contributed by atoms with Gasteiger partial charge in [-0.05, 0) is 141 Å². The highest BCUT2D eigenvalue weighted by Gasteiger charge is 2.40. The quantitative estimate of drug-likeness (QED) is 0.136. The number of pyridine rings is 4. The molecule has 10 nitrogen and oxygen atoms in total. The summed E-state index contributed by atoms with van der Waals surface area (Å²) in [6.45, 7) is 9.84. The van der Waals surface area contributed by atoms with Gasteiger partial charge in [0.15, 0.2) is 11.6 Å². The van der Waals surface area contributed by atoms with Gasteiger partial charge >= 0.3 is 0 Å². The van der Waals surface area contributed by atoms with Crippen molar-refractivity contribution in [3.05, 3.63) is 231 Å². The molecule has 8 heterocycles. The van der Waals surface area contributed by atoms with Crippen molar-refractivity contribution in [3.63, 3.8) is 0 Å². The number of anilines is 6. The van der Waals surface area contributed by atoms with Crippen LogP contribution in [0.15, 0.2) is 231 Å². The van der Waals surface area contributed by atoms with Crippen LogP contribution in [0.1, 0.15) is 0 Å². The SMILES string of the molecule is C[Si]1(C)c2ccccc2N(c2cc(-c3cc(-c4ccccn4)nc(-c4cccnc4)n3)c3cc(N4c5ccccc5[Si](C)(C)c5ccccc54)cc(-c4cc(-c5ccccn5)nc(-c5cccnc5)n4)c3c2)c2ccccc21. The first-order valence-electron chi connectivity index (χ1n) is 26.2. The molecular formula is C66H50N10Si2. The minimum atomic E-state index is -2.17. The normalized spacial score (nSPS) is 13.8. The van der Waals surface area contributed by atoms with Gasteiger partial charge in [-0.1, -0.05) is 111 Å². The molecule has 14 rings (SSSR count). The van der Waals surface area contributed by atoms with Gasteiger partial charge in [-0.2, -0.15) is 0 Å². The second kappa shape index (κ2) is 18.6. The van der Waals surface area contributed by atoms with Crippen LogP contribution >= 0.6 is 0 Å². The molecule has 0 radical (unpaired) electrons. The minimum Gasteiger partial charge on any atom is -0.311 e. The third-order valence-electron chi connectivity index (χ3n) is 15.5. The molecule has 0 fully saturated rings. The summed E-state index contributed by atoms with van der Waals surface area (Å²) in [5.41, 5.74) is 14.3. The first-order valence-corrected chi connectivity index (χ1v) is 32.2. The topological polar surface area (TPSA) is 110 Å². The highest BCUT2D eigenvalue weighted by Crippen LogP contribution is 2.48. The number of benzene rings is 6. The molecule has 0 saturated carbocycles. The van der Waals surface area contributed by atoms with Crippen LogP contribution in [0.25, 0.3) is 78.8 Å². The fourth-order valence-electron chi connectivity index (χ4n) is 11.7. The molecule has 6 aromatic carbocycles. The molecule has 0 spiro atoms. The molecule has 6 aromatic heterocycles. The zero-order valence-electron chi connectivity index (χ0n) is 43.4. The molecule has 0 atom stereocenters. The lowest BCUT2D eigenvalue weighted by Crippen LogP contribution is -2.58. The van der Waals surface area contributed by atoms with Crippen molar-refractivity contribution in [2.75, 3.05) is 9.80 Å². The zero-order valence-corrected chi connectivity index (χ0v) is 45.4. The highest BCUT2D eigenvalue weighted by molar-refractivity contribution is 7.03. The lowest BCUT2D eigenvalue weighted by Gasteiger charge is -2.41. The molecule has 0 bridgehead atoms. The molecule has 0 saturated heterocycles. The van der Waals surface area contributed by atoms with Crippen molar-refractivity contribution in [3.8, 4) is 68.1 Å². The van der Waals surface area contributed by atoms with E-state index in [0.717, 1.165) is 89.9 Å². The Labute approximate surface area is 454 Å². The fraction of sp³-hybridized carbons (Fsp3) is 0.0606. The van der Waals surface area contributed by atoms with E-state index in [1.165, 1.54) is 20.7 Å². The van der Waals surface area contributed by atoms with Gasteiger partial charge in [0.05, 0.1) is 34.2 Å². The lowest BCUT2D eigenvalue weighted by molar-refractivity contribution is 1.15. The van der Waals surface area contributed by atoms with E-state index < -0.39 is 16.1 Å². The van der Waals surface area contributed by atoms with E-state index >= 15 is 0 Å². The average Bonchev–Trinajstić information content (AvgIpc) is 3.69. The summed E-state index contributed by atoms with van der Waals surface area (Å²) in [5.74, 6) is 1.08. The number of hydrogen-bond acceptors (Lipinski definition) is 10. The summed E-state index contributed by atoms with van der Waals surface area (Å²) in [6.07, 6.45) is 10.8. The lowest BCUT2D eigenvalue weighted by atomic mass is 9.93. The summed E-state index contributed by atoms with van der Waals surface area (Å²) in [5, 5.41) is 7.41. The Morgan fingerprint density at radius 3 is 1.03 bits per heavy atom. The fourth-order valence-corrected chi connectivity index (χ4v) is 17.7. The summed E-state index contributed by atoms with van der Waals surface area (Å²) in [7, 11) is -4.34. The van der Waals surface area contributed by atoms with Gasteiger partial charge in [0, 0.05) is 93.6 Å². The number of rotatable bonds is 8. The molecule has 78 heavy (non-hydrogen) atoms. The van der Waals surface area contributed by atoms with Crippen molar-refractivity contribution in [2.24, 2.45) is 0 Å². The standard InChI is InChI=1S/C66H50N10Si2/c1-77(2)61-27-9-5-23-57(61)75(58-24-6-10-28-62(58)77)45-35-47-48(49(37-45)53-39-55(51-21-13-15-33-69-51)73-65(71-53)43-19-17-31-67-41-43)36-46(76-59-25-7-11-29-63(59)78(3,4)64-30-12-8-26-60(64)76)38-50(47)54-40-56(52-22-14-16-34-70-52)74-66(72-54)44-20-18-32-68-42-44/h5-42H,1-4H3. The van der Waals surface area contributed by atoms with E-state index in [1.807, 2.05) is 85.5 Å². The van der Waals surface area contributed by atoms with Gasteiger partial charge in [-0.15, -0.1) is 0 Å². The first kappa shape index (κ1) is 46.9. The number of nitrogens with zero attached hydrogens (tertiary/aromatic N) is 10. The Balaban J connectivity index is 1.15. The molecular weight excluding hydrogens is 989 g/mol. The van der Waals surface area contributed by atoms with Crippen LogP contribution in [0, 0.1) is 0 Å². The molecule has 0 unspecified atom stereocenters. The molecule has 12 heteroatoms. The van der Waals surface area contributed by atoms with Gasteiger partial charge in [0.25, 0.3) is 0 Å². The summed E-state index contributed by atoms with van der Waals surface area (Å²) in [4.78, 5) is 45.2. The van der Waals surface area contributed by atoms with E-state index in [9.17, 15) is 0 Å². The molecule has 0 N–H and O–H groups in total. The predicted molar refractivity (Wildman–Crippen MR) is 322 cm³/mol. The Morgan fingerprint density at radius 2 is 0.679 bits per heavy atom. The minimum absolute atomic E-state index is 0.542. The number of fused-ring (bicyclic) bond motifs is 5. The Morgan fingerprint density at radius 1 is 0.321 bits per heavy atom. The average molecular weight is 1040 g/mol. The Hall–Kier alpha value is -9.63. The van der Waals surface area contributed by atoms with Crippen molar-refractivity contribution >= 4 is 81.8 Å².